The normalized spacial score (nSPS) is 11.3. The lowest BCUT2D eigenvalue weighted by atomic mass is 10.1. The molecule has 0 unspecified atom stereocenters. The van der Waals surface area contributed by atoms with Crippen LogP contribution in [0.1, 0.15) is 22.2 Å². The molecule has 1 amide bonds. The Hall–Kier alpha value is -1.90. The molecule has 0 saturated heterocycles. The molecule has 0 aliphatic heterocycles. The molecule has 0 aliphatic carbocycles. The molecule has 2 N–H and O–H groups in total. The summed E-state index contributed by atoms with van der Waals surface area (Å²) in [7, 11) is -3.79. The summed E-state index contributed by atoms with van der Waals surface area (Å²) in [6.07, 6.45) is 0.779. The van der Waals surface area contributed by atoms with Crippen molar-refractivity contribution in [2.75, 3.05) is 6.61 Å². The molecule has 1 aromatic carbocycles. The second-order valence-electron chi connectivity index (χ2n) is 5.18. The molecular weight excluding hydrogens is 348 g/mol. The van der Waals surface area contributed by atoms with Gasteiger partial charge in [0.15, 0.2) is 6.61 Å². The predicted octanol–water partition coefficient (Wildman–Crippen LogP) is 2.32. The summed E-state index contributed by atoms with van der Waals surface area (Å²) < 4.78 is 29.8. The van der Waals surface area contributed by atoms with Crippen LogP contribution in [0.25, 0.3) is 0 Å². The van der Waals surface area contributed by atoms with Crippen molar-refractivity contribution < 1.29 is 17.9 Å². The van der Waals surface area contributed by atoms with Crippen LogP contribution in [0.15, 0.2) is 35.2 Å². The summed E-state index contributed by atoms with van der Waals surface area (Å²) in [6, 6.07) is 8.97. The fraction of sp³-hybridized carbons (Fsp3) is 0.312. The van der Waals surface area contributed by atoms with Crippen LogP contribution in [0.2, 0.25) is 0 Å². The van der Waals surface area contributed by atoms with Gasteiger partial charge in [0.25, 0.3) is 15.9 Å². The fourth-order valence-electron chi connectivity index (χ4n) is 2.17. The molecule has 8 heteroatoms. The number of sulfonamides is 1. The predicted molar refractivity (Wildman–Crippen MR) is 93.6 cm³/mol. The minimum atomic E-state index is -3.79. The first kappa shape index (κ1) is 18.4. The minimum Gasteiger partial charge on any atom is -0.483 e. The summed E-state index contributed by atoms with van der Waals surface area (Å²) in [5.74, 6) is 0.0383. The lowest BCUT2D eigenvalue weighted by molar-refractivity contribution is -0.123. The number of nitrogens with one attached hydrogen (secondary N) is 2. The van der Waals surface area contributed by atoms with Gasteiger partial charge in [-0.25, -0.2) is 8.42 Å². The van der Waals surface area contributed by atoms with Gasteiger partial charge in [-0.2, -0.15) is 0 Å². The number of benzene rings is 1. The number of para-hydroxylation sites is 1. The topological polar surface area (TPSA) is 84.5 Å². The number of carbonyl (C=O) groups is 1. The van der Waals surface area contributed by atoms with E-state index in [9.17, 15) is 13.2 Å². The van der Waals surface area contributed by atoms with E-state index >= 15 is 0 Å². The smallest absolute Gasteiger partial charge is 0.272 e. The Morgan fingerprint density at radius 1 is 1.25 bits per heavy atom. The van der Waals surface area contributed by atoms with Crippen molar-refractivity contribution in [2.45, 2.75) is 32.1 Å². The average molecular weight is 368 g/mol. The van der Waals surface area contributed by atoms with Gasteiger partial charge < -0.3 is 4.74 Å². The first-order valence-corrected chi connectivity index (χ1v) is 9.72. The van der Waals surface area contributed by atoms with E-state index in [-0.39, 0.29) is 11.5 Å². The Morgan fingerprint density at radius 2 is 1.96 bits per heavy atom. The van der Waals surface area contributed by atoms with Gasteiger partial charge >= 0.3 is 0 Å². The number of amides is 1. The van der Waals surface area contributed by atoms with Crippen LogP contribution in [-0.4, -0.2) is 20.9 Å². The maximum atomic E-state index is 12.2. The van der Waals surface area contributed by atoms with Crippen molar-refractivity contribution in [1.82, 2.24) is 10.3 Å². The molecule has 0 spiro atoms. The molecule has 2 aromatic rings. The second kappa shape index (κ2) is 7.78. The molecule has 0 fully saturated rings. The SMILES string of the molecule is CCc1ccccc1OCC(=O)NNS(=O)(=O)c1cc(C)sc1C. The molecule has 130 valence electrons. The van der Waals surface area contributed by atoms with Crippen LogP contribution in [0.3, 0.4) is 0 Å². The highest BCUT2D eigenvalue weighted by atomic mass is 32.2. The zero-order valence-electron chi connectivity index (χ0n) is 13.8. The third-order valence-corrected chi connectivity index (χ3v) is 5.79. The minimum absolute atomic E-state index is 0.169. The summed E-state index contributed by atoms with van der Waals surface area (Å²) in [4.78, 5) is 15.6. The molecular formula is C16H20N2O4S2. The van der Waals surface area contributed by atoms with Gasteiger partial charge in [0.2, 0.25) is 0 Å². The number of hydrogen-bond donors (Lipinski definition) is 2. The van der Waals surface area contributed by atoms with Crippen molar-refractivity contribution in [2.24, 2.45) is 0 Å². The van der Waals surface area contributed by atoms with E-state index in [1.165, 1.54) is 11.3 Å². The van der Waals surface area contributed by atoms with Gasteiger partial charge in [-0.1, -0.05) is 25.1 Å². The van der Waals surface area contributed by atoms with Crippen molar-refractivity contribution in [3.05, 3.63) is 45.6 Å². The molecule has 1 aromatic heterocycles. The van der Waals surface area contributed by atoms with Gasteiger partial charge in [-0.15, -0.1) is 16.2 Å². The largest absolute Gasteiger partial charge is 0.483 e. The maximum Gasteiger partial charge on any atom is 0.272 e. The van der Waals surface area contributed by atoms with E-state index in [4.69, 9.17) is 4.74 Å². The monoisotopic (exact) mass is 368 g/mol. The first-order chi connectivity index (χ1) is 11.3. The number of rotatable bonds is 7. The highest BCUT2D eigenvalue weighted by molar-refractivity contribution is 7.89. The van der Waals surface area contributed by atoms with Gasteiger partial charge in [0.05, 0.1) is 4.90 Å². The van der Waals surface area contributed by atoms with Crippen LogP contribution < -0.4 is 15.0 Å². The lowest BCUT2D eigenvalue weighted by Gasteiger charge is -2.11. The Kier molecular flexibility index (Phi) is 5.98. The average Bonchev–Trinajstić information content (AvgIpc) is 2.90. The summed E-state index contributed by atoms with van der Waals surface area (Å²) in [5, 5.41) is 0. The summed E-state index contributed by atoms with van der Waals surface area (Å²) in [5.41, 5.74) is 3.15. The standard InChI is InChI=1S/C16H20N2O4S2/c1-4-13-7-5-6-8-14(13)22-10-16(19)17-18-24(20,21)15-9-11(2)23-12(15)3/h5-9,18H,4,10H2,1-3H3,(H,17,19). The zero-order chi connectivity index (χ0) is 17.7. The Balaban J connectivity index is 1.92. The van der Waals surface area contributed by atoms with Crippen molar-refractivity contribution in [3.8, 4) is 5.75 Å². The quantitative estimate of drug-likeness (QED) is 0.735. The van der Waals surface area contributed by atoms with Crippen LogP contribution in [0.5, 0.6) is 5.75 Å². The van der Waals surface area contributed by atoms with E-state index < -0.39 is 15.9 Å². The Bertz CT molecular complexity index is 828. The molecule has 0 bridgehead atoms. The third-order valence-electron chi connectivity index (χ3n) is 3.32. The van der Waals surface area contributed by atoms with Gasteiger partial charge in [-0.3, -0.25) is 10.2 Å². The summed E-state index contributed by atoms with van der Waals surface area (Å²) in [6.45, 7) is 5.26. The molecule has 0 radical (unpaired) electrons. The number of hydrazine groups is 1. The molecule has 0 atom stereocenters. The molecule has 0 saturated carbocycles. The molecule has 24 heavy (non-hydrogen) atoms. The van der Waals surface area contributed by atoms with Gasteiger partial charge in [-0.05, 0) is 38.0 Å². The highest BCUT2D eigenvalue weighted by Crippen LogP contribution is 2.24. The van der Waals surface area contributed by atoms with E-state index in [1.807, 2.05) is 32.0 Å². The van der Waals surface area contributed by atoms with E-state index in [0.717, 1.165) is 16.9 Å². The zero-order valence-corrected chi connectivity index (χ0v) is 15.4. The van der Waals surface area contributed by atoms with Crippen LogP contribution in [-0.2, 0) is 21.2 Å². The van der Waals surface area contributed by atoms with Crippen LogP contribution in [0, 0.1) is 13.8 Å². The number of thiophene rings is 1. The van der Waals surface area contributed by atoms with Crippen molar-refractivity contribution in [1.29, 1.82) is 0 Å². The molecule has 2 rings (SSSR count). The maximum absolute atomic E-state index is 12.2. The number of aryl methyl sites for hydroxylation is 3. The van der Waals surface area contributed by atoms with E-state index in [1.54, 1.807) is 19.1 Å². The lowest BCUT2D eigenvalue weighted by Crippen LogP contribution is -2.43. The highest BCUT2D eigenvalue weighted by Gasteiger charge is 2.19. The van der Waals surface area contributed by atoms with Crippen LogP contribution in [0.4, 0.5) is 0 Å². The van der Waals surface area contributed by atoms with Crippen LogP contribution >= 0.6 is 11.3 Å². The van der Waals surface area contributed by atoms with E-state index in [0.29, 0.717) is 10.6 Å². The van der Waals surface area contributed by atoms with Crippen molar-refractivity contribution >= 4 is 27.3 Å². The molecule has 1 heterocycles. The number of hydrogen-bond acceptors (Lipinski definition) is 5. The van der Waals surface area contributed by atoms with Gasteiger partial charge in [0.1, 0.15) is 5.75 Å². The number of carbonyl (C=O) groups excluding carboxylic acids is 1. The summed E-state index contributed by atoms with van der Waals surface area (Å²) >= 11 is 1.39. The first-order valence-electron chi connectivity index (χ1n) is 7.42. The van der Waals surface area contributed by atoms with Gasteiger partial charge in [0, 0.05) is 9.75 Å². The Morgan fingerprint density at radius 3 is 2.58 bits per heavy atom. The van der Waals surface area contributed by atoms with E-state index in [2.05, 4.69) is 10.3 Å². The molecule has 6 nitrogen and oxygen atoms in total. The third kappa shape index (κ3) is 4.56. The second-order valence-corrected chi connectivity index (χ2v) is 8.29. The molecule has 0 aliphatic rings. The number of ether oxygens (including phenoxy) is 1. The fourth-order valence-corrected chi connectivity index (χ4v) is 4.59. The Labute approximate surface area is 145 Å². The van der Waals surface area contributed by atoms with Crippen molar-refractivity contribution in [3.63, 3.8) is 0 Å².